The van der Waals surface area contributed by atoms with Crippen LogP contribution < -0.4 is 5.32 Å². The summed E-state index contributed by atoms with van der Waals surface area (Å²) in [4.78, 5) is 11.9. The van der Waals surface area contributed by atoms with E-state index in [0.717, 1.165) is 5.69 Å². The van der Waals surface area contributed by atoms with E-state index in [0.29, 0.717) is 23.6 Å². The van der Waals surface area contributed by atoms with Crippen molar-refractivity contribution in [1.82, 2.24) is 15.0 Å². The van der Waals surface area contributed by atoms with Crippen LogP contribution in [-0.2, 0) is 17.8 Å². The second-order valence-corrected chi connectivity index (χ2v) is 4.67. The number of nitrogens with one attached hydrogen (secondary N) is 1. The molecule has 0 radical (unpaired) electrons. The molecule has 0 aliphatic heterocycles. The van der Waals surface area contributed by atoms with Crippen LogP contribution in [0, 0.1) is 0 Å². The number of nitrogens with zero attached hydrogens (tertiary/aromatic N) is 3. The molecule has 6 nitrogen and oxygen atoms in total. The van der Waals surface area contributed by atoms with Gasteiger partial charge in [0.2, 0.25) is 5.91 Å². The number of aliphatic hydroxyl groups excluding tert-OH is 1. The quantitative estimate of drug-likeness (QED) is 0.846. The van der Waals surface area contributed by atoms with E-state index in [-0.39, 0.29) is 19.1 Å². The summed E-state index contributed by atoms with van der Waals surface area (Å²) < 4.78 is 1.46. The van der Waals surface area contributed by atoms with Crippen molar-refractivity contribution in [3.8, 4) is 0 Å². The Kier molecular flexibility index (Phi) is 5.09. The number of para-hydroxylation sites is 1. The lowest BCUT2D eigenvalue weighted by molar-refractivity contribution is -0.116. The molecule has 106 valence electrons. The van der Waals surface area contributed by atoms with E-state index in [1.807, 2.05) is 0 Å². The van der Waals surface area contributed by atoms with Gasteiger partial charge >= 0.3 is 0 Å². The topological polar surface area (TPSA) is 80.0 Å². The van der Waals surface area contributed by atoms with Crippen LogP contribution in [0.4, 0.5) is 5.69 Å². The average Bonchev–Trinajstić information content (AvgIpc) is 2.86. The molecule has 2 rings (SSSR count). The van der Waals surface area contributed by atoms with Crippen molar-refractivity contribution >= 4 is 23.2 Å². The third-order valence-electron chi connectivity index (χ3n) is 2.63. The second kappa shape index (κ2) is 7.02. The smallest absolute Gasteiger partial charge is 0.246 e. The first-order valence-electron chi connectivity index (χ1n) is 6.23. The fourth-order valence-electron chi connectivity index (χ4n) is 1.69. The lowest BCUT2D eigenvalue weighted by atomic mass is 10.3. The highest BCUT2D eigenvalue weighted by Gasteiger charge is 2.08. The molecule has 1 amide bonds. The molecular weight excluding hydrogens is 280 g/mol. The van der Waals surface area contributed by atoms with E-state index in [1.54, 1.807) is 30.5 Å². The van der Waals surface area contributed by atoms with E-state index >= 15 is 0 Å². The highest BCUT2D eigenvalue weighted by molar-refractivity contribution is 6.33. The molecule has 0 atom stereocenters. The lowest BCUT2D eigenvalue weighted by Gasteiger charge is -2.06. The summed E-state index contributed by atoms with van der Waals surface area (Å²) in [5.41, 5.74) is 1.32. The first-order valence-corrected chi connectivity index (χ1v) is 6.61. The van der Waals surface area contributed by atoms with Crippen molar-refractivity contribution < 1.29 is 9.90 Å². The number of hydrogen-bond donors (Lipinski definition) is 2. The van der Waals surface area contributed by atoms with E-state index in [2.05, 4.69) is 15.6 Å². The molecule has 0 unspecified atom stereocenters. The molecule has 0 fully saturated rings. The molecule has 1 aromatic carbocycles. The molecule has 0 bridgehead atoms. The van der Waals surface area contributed by atoms with Gasteiger partial charge in [0.25, 0.3) is 0 Å². The molecule has 0 spiro atoms. The number of rotatable bonds is 6. The lowest BCUT2D eigenvalue weighted by Crippen LogP contribution is -2.19. The van der Waals surface area contributed by atoms with Crippen LogP contribution in [0.5, 0.6) is 0 Å². The number of amides is 1. The number of carbonyl (C=O) groups excluding carboxylic acids is 1. The molecule has 2 N–H and O–H groups in total. The average molecular weight is 295 g/mol. The fourth-order valence-corrected chi connectivity index (χ4v) is 1.87. The molecule has 1 heterocycles. The van der Waals surface area contributed by atoms with Crippen LogP contribution in [0.3, 0.4) is 0 Å². The molecule has 1 aromatic heterocycles. The molecule has 2 aromatic rings. The summed E-state index contributed by atoms with van der Waals surface area (Å²) in [5.74, 6) is -0.225. The minimum absolute atomic E-state index is 0.0668. The number of aromatic nitrogens is 3. The summed E-state index contributed by atoms with van der Waals surface area (Å²) in [6, 6.07) is 7.03. The summed E-state index contributed by atoms with van der Waals surface area (Å²) in [5, 5.41) is 19.7. The van der Waals surface area contributed by atoms with Crippen LogP contribution in [0.25, 0.3) is 0 Å². The Bertz CT molecular complexity index is 585. The number of hydrogen-bond acceptors (Lipinski definition) is 4. The summed E-state index contributed by atoms with van der Waals surface area (Å²) in [6.45, 7) is 0.178. The Morgan fingerprint density at radius 3 is 2.95 bits per heavy atom. The van der Waals surface area contributed by atoms with Gasteiger partial charge in [-0.3, -0.25) is 4.79 Å². The van der Waals surface area contributed by atoms with Crippen molar-refractivity contribution in [3.63, 3.8) is 0 Å². The number of aliphatic hydroxyl groups is 1. The van der Waals surface area contributed by atoms with Gasteiger partial charge < -0.3 is 10.4 Å². The van der Waals surface area contributed by atoms with Gasteiger partial charge in [0.15, 0.2) is 0 Å². The molecule has 0 saturated heterocycles. The van der Waals surface area contributed by atoms with Crippen molar-refractivity contribution in [1.29, 1.82) is 0 Å². The highest BCUT2D eigenvalue weighted by Crippen LogP contribution is 2.20. The van der Waals surface area contributed by atoms with Gasteiger partial charge in [-0.25, -0.2) is 4.68 Å². The number of benzene rings is 1. The van der Waals surface area contributed by atoms with Gasteiger partial charge in [0, 0.05) is 12.8 Å². The summed E-state index contributed by atoms with van der Waals surface area (Å²) in [7, 11) is 0. The van der Waals surface area contributed by atoms with E-state index in [1.165, 1.54) is 4.68 Å². The summed E-state index contributed by atoms with van der Waals surface area (Å²) in [6.07, 6.45) is 2.97. The van der Waals surface area contributed by atoms with Crippen molar-refractivity contribution in [3.05, 3.63) is 41.2 Å². The first kappa shape index (κ1) is 14.5. The number of carbonyl (C=O) groups is 1. The van der Waals surface area contributed by atoms with Crippen LogP contribution in [0.15, 0.2) is 30.5 Å². The van der Waals surface area contributed by atoms with Gasteiger partial charge in [0.05, 0.1) is 16.4 Å². The minimum Gasteiger partial charge on any atom is -0.396 e. The maximum atomic E-state index is 11.9. The second-order valence-electron chi connectivity index (χ2n) is 4.26. The maximum Gasteiger partial charge on any atom is 0.246 e. The van der Waals surface area contributed by atoms with Crippen LogP contribution in [0.1, 0.15) is 12.1 Å². The van der Waals surface area contributed by atoms with Crippen molar-refractivity contribution in [2.45, 2.75) is 19.4 Å². The normalized spacial score (nSPS) is 10.5. The number of aryl methyl sites for hydroxylation is 1. The third-order valence-corrected chi connectivity index (χ3v) is 2.96. The predicted octanol–water partition coefficient (Wildman–Crippen LogP) is 1.50. The van der Waals surface area contributed by atoms with Crippen molar-refractivity contribution in [2.24, 2.45) is 0 Å². The Morgan fingerprint density at radius 1 is 1.40 bits per heavy atom. The third kappa shape index (κ3) is 4.04. The van der Waals surface area contributed by atoms with Crippen LogP contribution in [0.2, 0.25) is 5.02 Å². The highest BCUT2D eigenvalue weighted by atomic mass is 35.5. The first-order chi connectivity index (χ1) is 9.69. The standard InChI is InChI=1S/C13H15ClN4O2/c14-11-5-1-2-6-12(11)15-13(20)9-18-8-10(16-17-18)4-3-7-19/h1-2,5-6,8,19H,3-4,7,9H2,(H,15,20). The zero-order valence-corrected chi connectivity index (χ0v) is 11.5. The number of anilines is 1. The maximum absolute atomic E-state index is 11.9. The van der Waals surface area contributed by atoms with Crippen LogP contribution >= 0.6 is 11.6 Å². The molecule has 20 heavy (non-hydrogen) atoms. The molecule has 0 aliphatic rings. The predicted molar refractivity (Wildman–Crippen MR) is 75.5 cm³/mol. The molecule has 0 saturated carbocycles. The van der Waals surface area contributed by atoms with E-state index in [9.17, 15) is 4.79 Å². The van der Waals surface area contributed by atoms with Gasteiger partial charge in [0.1, 0.15) is 6.54 Å². The Labute approximate surface area is 121 Å². The Hall–Kier alpha value is -1.92. The van der Waals surface area contributed by atoms with Gasteiger partial charge in [-0.05, 0) is 25.0 Å². The van der Waals surface area contributed by atoms with Gasteiger partial charge in [-0.1, -0.05) is 28.9 Å². The minimum atomic E-state index is -0.225. The van der Waals surface area contributed by atoms with Gasteiger partial charge in [-0.2, -0.15) is 0 Å². The fraction of sp³-hybridized carbons (Fsp3) is 0.308. The van der Waals surface area contributed by atoms with Gasteiger partial charge in [-0.15, -0.1) is 5.10 Å². The van der Waals surface area contributed by atoms with Crippen LogP contribution in [-0.4, -0.2) is 32.6 Å². The monoisotopic (exact) mass is 294 g/mol. The number of halogens is 1. The molecule has 0 aliphatic carbocycles. The molecule has 7 heteroatoms. The Balaban J connectivity index is 1.91. The molecular formula is C13H15ClN4O2. The SMILES string of the molecule is O=C(Cn1cc(CCCO)nn1)Nc1ccccc1Cl. The van der Waals surface area contributed by atoms with E-state index < -0.39 is 0 Å². The van der Waals surface area contributed by atoms with E-state index in [4.69, 9.17) is 16.7 Å². The zero-order valence-electron chi connectivity index (χ0n) is 10.8. The zero-order chi connectivity index (χ0) is 14.4. The van der Waals surface area contributed by atoms with Crippen molar-refractivity contribution in [2.75, 3.05) is 11.9 Å². The Morgan fingerprint density at radius 2 is 2.20 bits per heavy atom. The largest absolute Gasteiger partial charge is 0.396 e. The summed E-state index contributed by atoms with van der Waals surface area (Å²) >= 11 is 5.96.